The van der Waals surface area contributed by atoms with Gasteiger partial charge in [0.15, 0.2) is 0 Å². The van der Waals surface area contributed by atoms with Crippen molar-refractivity contribution in [1.29, 1.82) is 0 Å². The van der Waals surface area contributed by atoms with Crippen molar-refractivity contribution in [3.63, 3.8) is 0 Å². The van der Waals surface area contributed by atoms with Gasteiger partial charge in [-0.05, 0) is 61.7 Å². The van der Waals surface area contributed by atoms with Gasteiger partial charge in [0, 0.05) is 48.9 Å². The number of nitrogens with zero attached hydrogens (tertiary/aromatic N) is 2. The van der Waals surface area contributed by atoms with Crippen LogP contribution in [0.5, 0.6) is 0 Å². The Morgan fingerprint density at radius 3 is 2.38 bits per heavy atom. The van der Waals surface area contributed by atoms with E-state index in [1.165, 1.54) is 11.3 Å². The zero-order valence-corrected chi connectivity index (χ0v) is 16.6. The highest BCUT2D eigenvalue weighted by molar-refractivity contribution is 7.97. The van der Waals surface area contributed by atoms with Gasteiger partial charge >= 0.3 is 0 Å². The quantitative estimate of drug-likeness (QED) is 0.868. The minimum atomic E-state index is -0.0591. The first-order valence-electron chi connectivity index (χ1n) is 9.00. The lowest BCUT2D eigenvalue weighted by atomic mass is 10.1. The number of hydrogen-bond donors (Lipinski definition) is 1. The lowest BCUT2D eigenvalue weighted by Crippen LogP contribution is -2.44. The van der Waals surface area contributed by atoms with Crippen LogP contribution in [-0.2, 0) is 5.75 Å². The van der Waals surface area contributed by atoms with Gasteiger partial charge in [0.1, 0.15) is 0 Å². The molecule has 1 amide bonds. The van der Waals surface area contributed by atoms with Crippen LogP contribution in [0.25, 0.3) is 0 Å². The largest absolute Gasteiger partial charge is 0.369 e. The highest BCUT2D eigenvalue weighted by Crippen LogP contribution is 2.24. The molecule has 0 saturated carbocycles. The van der Waals surface area contributed by atoms with Gasteiger partial charge in [-0.2, -0.15) is 11.8 Å². The van der Waals surface area contributed by atoms with Gasteiger partial charge in [0.05, 0.1) is 0 Å². The molecule has 1 aliphatic heterocycles. The molecule has 1 aliphatic rings. The smallest absolute Gasteiger partial charge is 0.255 e. The molecule has 2 aromatic carbocycles. The molecule has 5 heteroatoms. The number of benzene rings is 2. The van der Waals surface area contributed by atoms with Crippen LogP contribution in [-0.4, -0.2) is 50.3 Å². The molecule has 0 spiro atoms. The average Bonchev–Trinajstić information content (AvgIpc) is 2.65. The summed E-state index contributed by atoms with van der Waals surface area (Å²) in [6.45, 7) is 6.32. The third-order valence-electron chi connectivity index (χ3n) is 4.85. The molecule has 1 saturated heterocycles. The summed E-state index contributed by atoms with van der Waals surface area (Å²) in [6.07, 6.45) is 2.08. The molecule has 1 heterocycles. The fraction of sp³-hybridized carbons (Fsp3) is 0.381. The van der Waals surface area contributed by atoms with Crippen molar-refractivity contribution < 1.29 is 4.79 Å². The third kappa shape index (κ3) is 4.59. The third-order valence-corrected chi connectivity index (χ3v) is 5.48. The maximum atomic E-state index is 12.5. The molecular formula is C21H27N3OS. The van der Waals surface area contributed by atoms with Gasteiger partial charge in [-0.15, -0.1) is 0 Å². The number of hydrogen-bond acceptors (Lipinski definition) is 4. The monoisotopic (exact) mass is 369 g/mol. The fourth-order valence-electron chi connectivity index (χ4n) is 3.16. The number of carbonyl (C=O) groups excluding carboxylic acids is 1. The number of carbonyl (C=O) groups is 1. The molecule has 0 aromatic heterocycles. The van der Waals surface area contributed by atoms with E-state index in [-0.39, 0.29) is 5.91 Å². The van der Waals surface area contributed by atoms with E-state index < -0.39 is 0 Å². The molecule has 1 fully saturated rings. The van der Waals surface area contributed by atoms with Crippen LogP contribution in [0.1, 0.15) is 21.5 Å². The molecule has 0 radical (unpaired) electrons. The van der Waals surface area contributed by atoms with E-state index in [0.717, 1.165) is 43.2 Å². The first kappa shape index (κ1) is 18.8. The van der Waals surface area contributed by atoms with Crippen molar-refractivity contribution in [3.8, 4) is 0 Å². The standard InChI is InChI=1S/C21H27N3OS/c1-16-14-19(24-12-10-23(2)11-13-24)8-9-20(16)22-21(25)18-6-4-17(5-7-18)15-26-3/h4-9,14H,10-13,15H2,1-3H3,(H,22,25). The van der Waals surface area contributed by atoms with Crippen LogP contribution in [0, 0.1) is 6.92 Å². The predicted octanol–water partition coefficient (Wildman–Crippen LogP) is 3.86. The number of amides is 1. The lowest BCUT2D eigenvalue weighted by Gasteiger charge is -2.34. The second-order valence-electron chi connectivity index (χ2n) is 6.87. The maximum absolute atomic E-state index is 12.5. The van der Waals surface area contributed by atoms with E-state index >= 15 is 0 Å². The zero-order chi connectivity index (χ0) is 18.5. The topological polar surface area (TPSA) is 35.6 Å². The number of anilines is 2. The van der Waals surface area contributed by atoms with Gasteiger partial charge < -0.3 is 15.1 Å². The number of aryl methyl sites for hydroxylation is 1. The molecule has 0 atom stereocenters. The second kappa shape index (κ2) is 8.60. The Kier molecular flexibility index (Phi) is 6.22. The van der Waals surface area contributed by atoms with Gasteiger partial charge in [0.25, 0.3) is 5.91 Å². The van der Waals surface area contributed by atoms with Gasteiger partial charge in [-0.3, -0.25) is 4.79 Å². The Balaban J connectivity index is 1.66. The van der Waals surface area contributed by atoms with E-state index in [1.807, 2.05) is 30.3 Å². The van der Waals surface area contributed by atoms with Crippen LogP contribution >= 0.6 is 11.8 Å². The number of thioether (sulfide) groups is 1. The van der Waals surface area contributed by atoms with Crippen LogP contribution in [0.2, 0.25) is 0 Å². The maximum Gasteiger partial charge on any atom is 0.255 e. The molecule has 0 unspecified atom stereocenters. The highest BCUT2D eigenvalue weighted by atomic mass is 32.2. The van der Waals surface area contributed by atoms with E-state index in [9.17, 15) is 4.79 Å². The highest BCUT2D eigenvalue weighted by Gasteiger charge is 2.15. The van der Waals surface area contributed by atoms with Crippen molar-refractivity contribution in [2.75, 3.05) is 49.7 Å². The lowest BCUT2D eigenvalue weighted by molar-refractivity contribution is 0.102. The van der Waals surface area contributed by atoms with E-state index in [0.29, 0.717) is 5.56 Å². The molecule has 2 aromatic rings. The van der Waals surface area contributed by atoms with Crippen molar-refractivity contribution in [1.82, 2.24) is 4.90 Å². The van der Waals surface area contributed by atoms with Crippen LogP contribution < -0.4 is 10.2 Å². The van der Waals surface area contributed by atoms with Gasteiger partial charge in [-0.25, -0.2) is 0 Å². The molecular weight excluding hydrogens is 342 g/mol. The first-order valence-corrected chi connectivity index (χ1v) is 10.4. The Hall–Kier alpha value is -1.98. The predicted molar refractivity (Wildman–Crippen MR) is 113 cm³/mol. The van der Waals surface area contributed by atoms with Crippen molar-refractivity contribution >= 4 is 29.0 Å². The molecule has 0 aliphatic carbocycles. The summed E-state index contributed by atoms with van der Waals surface area (Å²) in [7, 11) is 2.16. The van der Waals surface area contributed by atoms with Crippen molar-refractivity contribution in [2.24, 2.45) is 0 Å². The molecule has 26 heavy (non-hydrogen) atoms. The van der Waals surface area contributed by atoms with Crippen molar-refractivity contribution in [3.05, 3.63) is 59.2 Å². The number of piperazine rings is 1. The molecule has 4 nitrogen and oxygen atoms in total. The van der Waals surface area contributed by atoms with Gasteiger partial charge in [-0.1, -0.05) is 12.1 Å². The average molecular weight is 370 g/mol. The molecule has 3 rings (SSSR count). The summed E-state index contributed by atoms with van der Waals surface area (Å²) >= 11 is 1.78. The van der Waals surface area contributed by atoms with E-state index in [1.54, 1.807) is 11.8 Å². The normalized spacial score (nSPS) is 15.1. The summed E-state index contributed by atoms with van der Waals surface area (Å²) in [6, 6.07) is 14.1. The van der Waals surface area contributed by atoms with E-state index in [4.69, 9.17) is 0 Å². The summed E-state index contributed by atoms with van der Waals surface area (Å²) in [5.74, 6) is 0.908. The van der Waals surface area contributed by atoms with Gasteiger partial charge in [0.2, 0.25) is 0 Å². The summed E-state index contributed by atoms with van der Waals surface area (Å²) in [5, 5.41) is 3.04. The SMILES string of the molecule is CSCc1ccc(C(=O)Nc2ccc(N3CCN(C)CC3)cc2C)cc1. The minimum Gasteiger partial charge on any atom is -0.369 e. The zero-order valence-electron chi connectivity index (χ0n) is 15.8. The van der Waals surface area contributed by atoms with E-state index in [2.05, 4.69) is 47.5 Å². The van der Waals surface area contributed by atoms with Crippen LogP contribution in [0.4, 0.5) is 11.4 Å². The molecule has 0 bridgehead atoms. The Labute approximate surface area is 160 Å². The first-order chi connectivity index (χ1) is 12.6. The number of rotatable bonds is 5. The Morgan fingerprint density at radius 2 is 1.77 bits per heavy atom. The Morgan fingerprint density at radius 1 is 1.08 bits per heavy atom. The minimum absolute atomic E-state index is 0.0591. The summed E-state index contributed by atoms with van der Waals surface area (Å²) in [5.41, 5.74) is 5.13. The van der Waals surface area contributed by atoms with Crippen LogP contribution in [0.15, 0.2) is 42.5 Å². The fourth-order valence-corrected chi connectivity index (χ4v) is 3.69. The molecule has 138 valence electrons. The molecule has 1 N–H and O–H groups in total. The summed E-state index contributed by atoms with van der Waals surface area (Å²) < 4.78 is 0. The van der Waals surface area contributed by atoms with Crippen molar-refractivity contribution in [2.45, 2.75) is 12.7 Å². The second-order valence-corrected chi connectivity index (χ2v) is 7.74. The summed E-state index contributed by atoms with van der Waals surface area (Å²) in [4.78, 5) is 17.3. The Bertz CT molecular complexity index is 752. The number of likely N-dealkylation sites (N-methyl/N-ethyl adjacent to an activating group) is 1. The number of nitrogens with one attached hydrogen (secondary N) is 1. The van der Waals surface area contributed by atoms with Crippen LogP contribution in [0.3, 0.4) is 0 Å².